The lowest BCUT2D eigenvalue weighted by molar-refractivity contribution is 0.0952. The molecule has 4 aromatic rings. The van der Waals surface area contributed by atoms with Crippen molar-refractivity contribution in [3.63, 3.8) is 0 Å². The molecule has 4 rings (SSSR count). The lowest BCUT2D eigenvalue weighted by Crippen LogP contribution is -2.17. The monoisotopic (exact) mass is 536 g/mol. The van der Waals surface area contributed by atoms with Gasteiger partial charge in [-0.3, -0.25) is 4.79 Å². The van der Waals surface area contributed by atoms with E-state index in [0.29, 0.717) is 33.7 Å². The highest BCUT2D eigenvalue weighted by atomic mass is 79.9. The fourth-order valence-corrected chi connectivity index (χ4v) is 4.06. The molecule has 8 heteroatoms. The number of hydrazone groups is 1. The maximum Gasteiger partial charge on any atom is 0.275 e. The molecule has 0 radical (unpaired) electrons. The van der Waals surface area contributed by atoms with Crippen molar-refractivity contribution in [1.29, 1.82) is 0 Å². The first-order chi connectivity index (χ1) is 16.9. The molecule has 0 bridgehead atoms. The first-order valence-electron chi connectivity index (χ1n) is 10.8. The third kappa shape index (κ3) is 5.96. The number of hydrogen-bond acceptors (Lipinski definition) is 5. The average Bonchev–Trinajstić information content (AvgIpc) is 2.83. The number of hydrogen-bond donors (Lipinski definition) is 2. The molecule has 1 amide bonds. The van der Waals surface area contributed by atoms with Gasteiger partial charge in [0.15, 0.2) is 11.5 Å². The van der Waals surface area contributed by atoms with Crippen LogP contribution >= 0.6 is 15.9 Å². The SMILES string of the molecule is CCOc1cc(C=NNC(=O)c2cc3ccccc3cc2O)cc(Br)c1OCc1cccc(F)c1. The minimum Gasteiger partial charge on any atom is -0.507 e. The molecular weight excluding hydrogens is 515 g/mol. The molecule has 35 heavy (non-hydrogen) atoms. The van der Waals surface area contributed by atoms with E-state index in [2.05, 4.69) is 26.5 Å². The number of fused-ring (bicyclic) bond motifs is 1. The number of ether oxygens (including phenoxy) is 2. The van der Waals surface area contributed by atoms with Crippen LogP contribution in [0.3, 0.4) is 0 Å². The number of carbonyl (C=O) groups excluding carboxylic acids is 1. The van der Waals surface area contributed by atoms with Crippen molar-refractivity contribution in [3.8, 4) is 17.2 Å². The molecule has 0 aromatic heterocycles. The number of nitrogens with zero attached hydrogens (tertiary/aromatic N) is 1. The Morgan fingerprint density at radius 1 is 1.06 bits per heavy atom. The first kappa shape index (κ1) is 24.2. The molecule has 0 aliphatic rings. The van der Waals surface area contributed by atoms with Crippen LogP contribution in [0.5, 0.6) is 17.2 Å². The largest absolute Gasteiger partial charge is 0.507 e. The first-order valence-corrected chi connectivity index (χ1v) is 11.6. The summed E-state index contributed by atoms with van der Waals surface area (Å²) in [4.78, 5) is 12.6. The molecule has 6 nitrogen and oxygen atoms in total. The van der Waals surface area contributed by atoms with Crippen molar-refractivity contribution in [2.24, 2.45) is 5.10 Å². The van der Waals surface area contributed by atoms with Gasteiger partial charge in [-0.15, -0.1) is 0 Å². The molecule has 4 aromatic carbocycles. The van der Waals surface area contributed by atoms with Gasteiger partial charge in [-0.1, -0.05) is 36.4 Å². The van der Waals surface area contributed by atoms with E-state index >= 15 is 0 Å². The number of carbonyl (C=O) groups is 1. The average molecular weight is 537 g/mol. The number of phenolic OH excluding ortho intramolecular Hbond substituents is 1. The highest BCUT2D eigenvalue weighted by Gasteiger charge is 2.14. The topological polar surface area (TPSA) is 80.2 Å². The van der Waals surface area contributed by atoms with Gasteiger partial charge in [-0.2, -0.15) is 5.10 Å². The standard InChI is InChI=1S/C27H22BrFN2O4/c1-2-34-25-12-18(11-23(28)26(25)35-16-17-6-5-9-21(29)10-17)15-30-31-27(33)22-13-19-7-3-4-8-20(19)14-24(22)32/h3-15,32H,2,16H2,1H3,(H,31,33). The smallest absolute Gasteiger partial charge is 0.275 e. The summed E-state index contributed by atoms with van der Waals surface area (Å²) < 4.78 is 25.7. The molecule has 0 unspecified atom stereocenters. The zero-order valence-corrected chi connectivity index (χ0v) is 20.4. The van der Waals surface area contributed by atoms with Gasteiger partial charge < -0.3 is 14.6 Å². The summed E-state index contributed by atoms with van der Waals surface area (Å²) >= 11 is 3.48. The van der Waals surface area contributed by atoms with E-state index in [0.717, 1.165) is 10.8 Å². The van der Waals surface area contributed by atoms with Crippen molar-refractivity contribution in [3.05, 3.63) is 99.8 Å². The molecule has 0 atom stereocenters. The van der Waals surface area contributed by atoms with Crippen molar-refractivity contribution in [2.45, 2.75) is 13.5 Å². The number of benzene rings is 4. The molecule has 0 saturated heterocycles. The summed E-state index contributed by atoms with van der Waals surface area (Å²) in [7, 11) is 0. The number of halogens is 2. The lowest BCUT2D eigenvalue weighted by Gasteiger charge is -2.14. The highest BCUT2D eigenvalue weighted by molar-refractivity contribution is 9.10. The van der Waals surface area contributed by atoms with Gasteiger partial charge in [0.25, 0.3) is 5.91 Å². The minimum absolute atomic E-state index is 0.123. The van der Waals surface area contributed by atoms with Crippen molar-refractivity contribution >= 4 is 38.8 Å². The van der Waals surface area contributed by atoms with Crippen molar-refractivity contribution < 1.29 is 23.8 Å². The number of nitrogens with one attached hydrogen (secondary N) is 1. The predicted molar refractivity (Wildman–Crippen MR) is 137 cm³/mol. The van der Waals surface area contributed by atoms with E-state index < -0.39 is 5.91 Å². The summed E-state index contributed by atoms with van der Waals surface area (Å²) in [6, 6.07) is 20.2. The Morgan fingerprint density at radius 2 is 1.83 bits per heavy atom. The van der Waals surface area contributed by atoms with Crippen LogP contribution < -0.4 is 14.9 Å². The van der Waals surface area contributed by atoms with E-state index in [-0.39, 0.29) is 23.7 Å². The van der Waals surface area contributed by atoms with Crippen LogP contribution in [0, 0.1) is 5.82 Å². The highest BCUT2D eigenvalue weighted by Crippen LogP contribution is 2.37. The molecule has 178 valence electrons. The Balaban J connectivity index is 1.49. The molecule has 0 fully saturated rings. The molecule has 0 aliphatic carbocycles. The molecule has 0 saturated carbocycles. The maximum atomic E-state index is 13.5. The number of phenols is 1. The number of amides is 1. The van der Waals surface area contributed by atoms with Crippen molar-refractivity contribution in [1.82, 2.24) is 5.43 Å². The zero-order valence-electron chi connectivity index (χ0n) is 18.8. The second kappa shape index (κ2) is 11.0. The molecule has 0 heterocycles. The van der Waals surface area contributed by atoms with Gasteiger partial charge in [0.2, 0.25) is 0 Å². The van der Waals surface area contributed by atoms with Crippen LogP contribution in [0.2, 0.25) is 0 Å². The van der Waals surface area contributed by atoms with Crippen molar-refractivity contribution in [2.75, 3.05) is 6.61 Å². The Kier molecular flexibility index (Phi) is 7.62. The second-order valence-corrected chi connectivity index (χ2v) is 8.45. The maximum absolute atomic E-state index is 13.5. The lowest BCUT2D eigenvalue weighted by atomic mass is 10.1. The minimum atomic E-state index is -0.538. The summed E-state index contributed by atoms with van der Waals surface area (Å²) in [5.41, 5.74) is 3.89. The molecule has 2 N–H and O–H groups in total. The fraction of sp³-hybridized carbons (Fsp3) is 0.111. The number of aromatic hydroxyl groups is 1. The Labute approximate surface area is 210 Å². The molecule has 0 aliphatic heterocycles. The van der Waals surface area contributed by atoms with Crippen LogP contribution in [0.15, 0.2) is 82.4 Å². The second-order valence-electron chi connectivity index (χ2n) is 7.60. The normalized spacial score (nSPS) is 11.1. The Bertz CT molecular complexity index is 1410. The van der Waals surface area contributed by atoms with E-state index in [9.17, 15) is 14.3 Å². The van der Waals surface area contributed by atoms with Gasteiger partial charge in [-0.05, 0) is 81.2 Å². The van der Waals surface area contributed by atoms with Gasteiger partial charge in [0, 0.05) is 0 Å². The summed E-state index contributed by atoms with van der Waals surface area (Å²) in [5.74, 6) is -0.0568. The summed E-state index contributed by atoms with van der Waals surface area (Å²) in [6.07, 6.45) is 1.46. The Morgan fingerprint density at radius 3 is 2.57 bits per heavy atom. The summed E-state index contributed by atoms with van der Waals surface area (Å²) in [6.45, 7) is 2.41. The van der Waals surface area contributed by atoms with E-state index in [1.54, 1.807) is 36.4 Å². The van der Waals surface area contributed by atoms with Crippen LogP contribution in [-0.4, -0.2) is 23.8 Å². The molecule has 0 spiro atoms. The van der Waals surface area contributed by atoms with Gasteiger partial charge in [-0.25, -0.2) is 9.82 Å². The van der Waals surface area contributed by atoms with E-state index in [4.69, 9.17) is 9.47 Å². The van der Waals surface area contributed by atoms with E-state index in [1.807, 2.05) is 31.2 Å². The quantitative estimate of drug-likeness (QED) is 0.208. The third-order valence-electron chi connectivity index (χ3n) is 5.09. The fourth-order valence-electron chi connectivity index (χ4n) is 3.48. The van der Waals surface area contributed by atoms with Gasteiger partial charge in [0.05, 0.1) is 22.9 Å². The van der Waals surface area contributed by atoms with Crippen LogP contribution in [0.4, 0.5) is 4.39 Å². The van der Waals surface area contributed by atoms with E-state index in [1.165, 1.54) is 18.3 Å². The van der Waals surface area contributed by atoms with Crippen LogP contribution in [0.25, 0.3) is 10.8 Å². The van der Waals surface area contributed by atoms with Crippen LogP contribution in [-0.2, 0) is 6.61 Å². The number of rotatable bonds is 8. The van der Waals surface area contributed by atoms with Gasteiger partial charge >= 0.3 is 0 Å². The molecular formula is C27H22BrFN2O4. The Hall–Kier alpha value is -3.91. The summed E-state index contributed by atoms with van der Waals surface area (Å²) in [5, 5.41) is 15.9. The predicted octanol–water partition coefficient (Wildman–Crippen LogP) is 6.19. The van der Waals surface area contributed by atoms with Crippen LogP contribution in [0.1, 0.15) is 28.4 Å². The zero-order chi connectivity index (χ0) is 24.8. The van der Waals surface area contributed by atoms with Gasteiger partial charge in [0.1, 0.15) is 18.2 Å². The third-order valence-corrected chi connectivity index (χ3v) is 5.68.